The van der Waals surface area contributed by atoms with Gasteiger partial charge >= 0.3 is 6.18 Å². The molecule has 3 aromatic carbocycles. The lowest BCUT2D eigenvalue weighted by Gasteiger charge is -2.28. The van der Waals surface area contributed by atoms with Crippen LogP contribution in [-0.4, -0.2) is 28.4 Å². The van der Waals surface area contributed by atoms with Crippen molar-refractivity contribution in [2.45, 2.75) is 32.0 Å². The highest BCUT2D eigenvalue weighted by molar-refractivity contribution is 5.90. The molecule has 2 aliphatic rings. The number of alkyl halides is 3. The van der Waals surface area contributed by atoms with Crippen LogP contribution in [0.3, 0.4) is 0 Å². The summed E-state index contributed by atoms with van der Waals surface area (Å²) in [6, 6.07) is 19.4. The first-order valence-electron chi connectivity index (χ1n) is 13.2. The first-order chi connectivity index (χ1) is 18.8. The van der Waals surface area contributed by atoms with Crippen LogP contribution >= 0.6 is 0 Å². The zero-order valence-electron chi connectivity index (χ0n) is 21.1. The van der Waals surface area contributed by atoms with Gasteiger partial charge in [0.15, 0.2) is 0 Å². The Labute approximate surface area is 222 Å². The number of carbonyl (C=O) groups is 1. The van der Waals surface area contributed by atoms with E-state index in [1.54, 1.807) is 6.26 Å². The minimum absolute atomic E-state index is 0.0562. The summed E-state index contributed by atoms with van der Waals surface area (Å²) in [4.78, 5) is 18.3. The first-order valence-corrected chi connectivity index (χ1v) is 13.2. The number of hydrogen-bond donors (Lipinski definition) is 1. The lowest BCUT2D eigenvalue weighted by atomic mass is 9.80. The number of ketones is 1. The van der Waals surface area contributed by atoms with Gasteiger partial charge in [-0.25, -0.2) is 4.98 Å². The van der Waals surface area contributed by atoms with E-state index in [0.29, 0.717) is 42.9 Å². The van der Waals surface area contributed by atoms with Crippen molar-refractivity contribution in [2.24, 2.45) is 11.3 Å². The highest BCUT2D eigenvalue weighted by Crippen LogP contribution is 2.43. The molecule has 39 heavy (non-hydrogen) atoms. The minimum atomic E-state index is -4.47. The predicted molar refractivity (Wildman–Crippen MR) is 143 cm³/mol. The molecule has 1 saturated heterocycles. The summed E-state index contributed by atoms with van der Waals surface area (Å²) in [7, 11) is 0. The molecule has 1 aliphatic carbocycles. The zero-order valence-corrected chi connectivity index (χ0v) is 21.1. The third-order valence-corrected chi connectivity index (χ3v) is 8.18. The van der Waals surface area contributed by atoms with Crippen molar-refractivity contribution in [1.82, 2.24) is 14.9 Å². The second-order valence-corrected chi connectivity index (χ2v) is 10.8. The second kappa shape index (κ2) is 8.81. The molecule has 1 N–H and O–H groups in total. The molecule has 8 heteroatoms. The Kier molecular flexibility index (Phi) is 5.46. The van der Waals surface area contributed by atoms with Crippen molar-refractivity contribution in [3.8, 4) is 22.5 Å². The molecular formula is C31H26F3N3O2. The third kappa shape index (κ3) is 4.23. The molecule has 0 amide bonds. The van der Waals surface area contributed by atoms with Gasteiger partial charge in [-0.2, -0.15) is 13.2 Å². The normalized spacial score (nSPS) is 19.8. The Balaban J connectivity index is 1.33. The van der Waals surface area contributed by atoms with E-state index in [0.717, 1.165) is 52.6 Å². The Morgan fingerprint density at radius 1 is 1.00 bits per heavy atom. The first kappa shape index (κ1) is 24.2. The van der Waals surface area contributed by atoms with Crippen LogP contribution in [-0.2, 0) is 17.5 Å². The van der Waals surface area contributed by atoms with Gasteiger partial charge in [0.25, 0.3) is 0 Å². The van der Waals surface area contributed by atoms with E-state index < -0.39 is 17.2 Å². The third-order valence-electron chi connectivity index (χ3n) is 8.18. The number of imidazole rings is 1. The van der Waals surface area contributed by atoms with Gasteiger partial charge in [0.05, 0.1) is 28.3 Å². The fraction of sp³-hybridized carbons (Fsp3) is 0.290. The summed E-state index contributed by atoms with van der Waals surface area (Å²) in [6.07, 6.45) is -0.370. The zero-order chi connectivity index (χ0) is 26.8. The molecule has 2 aromatic heterocycles. The van der Waals surface area contributed by atoms with E-state index in [4.69, 9.17) is 9.40 Å². The number of rotatable bonds is 6. The summed E-state index contributed by atoms with van der Waals surface area (Å²) in [5, 5.41) is 4.34. The molecular weight excluding hydrogens is 503 g/mol. The van der Waals surface area contributed by atoms with E-state index in [2.05, 4.69) is 11.4 Å². The number of fused-ring (bicyclic) bond motifs is 2. The number of halogens is 3. The summed E-state index contributed by atoms with van der Waals surface area (Å²) in [5.74, 6) is 0.842. The van der Waals surface area contributed by atoms with Crippen LogP contribution in [0.2, 0.25) is 0 Å². The summed E-state index contributed by atoms with van der Waals surface area (Å²) in [5.41, 5.74) is 3.13. The molecule has 3 heterocycles. The van der Waals surface area contributed by atoms with Crippen LogP contribution in [0.4, 0.5) is 13.2 Å². The van der Waals surface area contributed by atoms with Crippen LogP contribution < -0.4 is 5.32 Å². The number of aromatic nitrogens is 2. The van der Waals surface area contributed by atoms with Crippen molar-refractivity contribution >= 4 is 27.8 Å². The molecule has 1 saturated carbocycles. The van der Waals surface area contributed by atoms with Crippen molar-refractivity contribution in [3.05, 3.63) is 78.6 Å². The molecule has 198 valence electrons. The van der Waals surface area contributed by atoms with Crippen molar-refractivity contribution in [1.29, 1.82) is 0 Å². The number of hydrogen-bond acceptors (Lipinski definition) is 4. The molecule has 5 aromatic rings. The molecule has 2 fully saturated rings. The van der Waals surface area contributed by atoms with Gasteiger partial charge < -0.3 is 14.3 Å². The molecule has 0 unspecified atom stereocenters. The lowest BCUT2D eigenvalue weighted by Crippen LogP contribution is -2.39. The fourth-order valence-corrected chi connectivity index (χ4v) is 5.89. The van der Waals surface area contributed by atoms with Crippen LogP contribution in [0.25, 0.3) is 44.5 Å². The standard InChI is InChI=1S/C31H26F3N3O2/c32-31(33,34)24-8-9-25-26(16-24)37(18-30(12-13-35-17-30)28(38)20-3-4-20)29(36-25)21-5-1-19(2-6-21)22-7-10-27-23(15-22)11-14-39-27/h1-2,5-11,14-16,20,35H,3-4,12-13,17-18H2/t30-/m0/s1. The number of carbonyl (C=O) groups excluding carboxylic acids is 1. The maximum Gasteiger partial charge on any atom is 0.416 e. The van der Waals surface area contributed by atoms with Crippen LogP contribution in [0, 0.1) is 11.3 Å². The largest absolute Gasteiger partial charge is 0.464 e. The van der Waals surface area contributed by atoms with Gasteiger partial charge in [0.2, 0.25) is 0 Å². The van der Waals surface area contributed by atoms with Crippen molar-refractivity contribution < 1.29 is 22.4 Å². The van der Waals surface area contributed by atoms with Crippen molar-refractivity contribution in [3.63, 3.8) is 0 Å². The quantitative estimate of drug-likeness (QED) is 0.255. The molecule has 1 aliphatic heterocycles. The molecule has 1 atom stereocenters. The average molecular weight is 530 g/mol. The topological polar surface area (TPSA) is 60.1 Å². The van der Waals surface area contributed by atoms with Gasteiger partial charge in [-0.3, -0.25) is 4.79 Å². The Morgan fingerprint density at radius 2 is 1.77 bits per heavy atom. The number of nitrogens with zero attached hydrogens (tertiary/aromatic N) is 2. The van der Waals surface area contributed by atoms with E-state index in [1.165, 1.54) is 6.07 Å². The molecule has 7 rings (SSSR count). The van der Waals surface area contributed by atoms with E-state index in [1.807, 2.05) is 47.0 Å². The molecule has 0 radical (unpaired) electrons. The molecule has 0 spiro atoms. The Bertz CT molecular complexity index is 1710. The number of benzene rings is 3. The fourth-order valence-electron chi connectivity index (χ4n) is 5.89. The van der Waals surface area contributed by atoms with Crippen LogP contribution in [0.1, 0.15) is 24.8 Å². The number of nitrogens with one attached hydrogen (secondary N) is 1. The summed E-state index contributed by atoms with van der Waals surface area (Å²) in [6.45, 7) is 1.53. The SMILES string of the molecule is O=C(C1CC1)[C@@]1(Cn2c(-c3ccc(-c4ccc5occc5c4)cc3)nc3ccc(C(F)(F)F)cc32)CCNC1. The van der Waals surface area contributed by atoms with Crippen LogP contribution in [0.5, 0.6) is 0 Å². The Hall–Kier alpha value is -3.91. The van der Waals surface area contributed by atoms with Gasteiger partial charge in [0, 0.05) is 30.0 Å². The monoisotopic (exact) mass is 529 g/mol. The predicted octanol–water partition coefficient (Wildman–Crippen LogP) is 7.09. The van der Waals surface area contributed by atoms with Gasteiger partial charge in [-0.1, -0.05) is 30.3 Å². The number of furan rings is 1. The van der Waals surface area contributed by atoms with Gasteiger partial charge in [-0.15, -0.1) is 0 Å². The van der Waals surface area contributed by atoms with Gasteiger partial charge in [-0.05, 0) is 73.3 Å². The smallest absolute Gasteiger partial charge is 0.416 e. The highest BCUT2D eigenvalue weighted by atomic mass is 19.4. The summed E-state index contributed by atoms with van der Waals surface area (Å²) < 4.78 is 48.3. The minimum Gasteiger partial charge on any atom is -0.464 e. The van der Waals surface area contributed by atoms with Gasteiger partial charge in [0.1, 0.15) is 17.2 Å². The highest BCUT2D eigenvalue weighted by Gasteiger charge is 2.48. The number of Topliss-reactive ketones (excluding diaryl/α,β-unsaturated/α-hetero) is 1. The average Bonchev–Trinajstić information content (AvgIpc) is 3.32. The van der Waals surface area contributed by atoms with E-state index in [9.17, 15) is 18.0 Å². The lowest BCUT2D eigenvalue weighted by molar-refractivity contribution is -0.137. The molecule has 0 bridgehead atoms. The van der Waals surface area contributed by atoms with E-state index in [-0.39, 0.29) is 11.7 Å². The maximum absolute atomic E-state index is 13.7. The maximum atomic E-state index is 13.7. The Morgan fingerprint density at radius 3 is 2.49 bits per heavy atom. The summed E-state index contributed by atoms with van der Waals surface area (Å²) >= 11 is 0. The molecule has 5 nitrogen and oxygen atoms in total. The second-order valence-electron chi connectivity index (χ2n) is 10.8. The van der Waals surface area contributed by atoms with Crippen LogP contribution in [0.15, 0.2) is 77.4 Å². The van der Waals surface area contributed by atoms with Crippen molar-refractivity contribution in [2.75, 3.05) is 13.1 Å². The van der Waals surface area contributed by atoms with E-state index >= 15 is 0 Å².